The molecule has 0 unspecified atom stereocenters. The summed E-state index contributed by atoms with van der Waals surface area (Å²) in [6, 6.07) is 6.20. The largest absolute Gasteiger partial charge is 0.376 e. The normalized spacial score (nSPS) is 19.5. The fourth-order valence-electron chi connectivity index (χ4n) is 3.51. The first-order chi connectivity index (χ1) is 11.7. The van der Waals surface area contributed by atoms with Crippen LogP contribution < -0.4 is 5.32 Å². The third-order valence-corrected chi connectivity index (χ3v) is 4.73. The number of ether oxygens (including phenoxy) is 1. The molecule has 2 aliphatic rings. The van der Waals surface area contributed by atoms with E-state index in [9.17, 15) is 9.18 Å². The third kappa shape index (κ3) is 2.82. The van der Waals surface area contributed by atoms with Crippen LogP contribution in [0.15, 0.2) is 24.3 Å². The Kier molecular flexibility index (Phi) is 4.06. The Morgan fingerprint density at radius 2 is 2.12 bits per heavy atom. The third-order valence-electron chi connectivity index (χ3n) is 4.73. The van der Waals surface area contributed by atoms with E-state index in [0.29, 0.717) is 12.2 Å². The molecule has 1 amide bonds. The maximum absolute atomic E-state index is 13.2. The quantitative estimate of drug-likeness (QED) is 0.937. The van der Waals surface area contributed by atoms with Crippen molar-refractivity contribution in [3.63, 3.8) is 0 Å². The van der Waals surface area contributed by atoms with Gasteiger partial charge in [0.1, 0.15) is 5.82 Å². The van der Waals surface area contributed by atoms with Crippen molar-refractivity contribution < 1.29 is 13.9 Å². The molecule has 2 aromatic rings. The van der Waals surface area contributed by atoms with E-state index in [-0.39, 0.29) is 17.8 Å². The number of carbonyl (C=O) groups excluding carboxylic acids is 1. The van der Waals surface area contributed by atoms with Gasteiger partial charge < -0.3 is 10.1 Å². The Morgan fingerprint density at radius 1 is 1.29 bits per heavy atom. The number of amides is 1. The van der Waals surface area contributed by atoms with Crippen molar-refractivity contribution in [3.05, 3.63) is 47.0 Å². The van der Waals surface area contributed by atoms with Gasteiger partial charge in [0, 0.05) is 24.4 Å². The number of fused-ring (bicyclic) bond motifs is 1. The number of halogens is 1. The van der Waals surface area contributed by atoms with Crippen LogP contribution in [-0.2, 0) is 17.6 Å². The molecule has 0 spiro atoms. The Morgan fingerprint density at radius 3 is 2.88 bits per heavy atom. The SMILES string of the molecule is O=C(NC[C@@H]1CCCO1)c1nn(-c2ccc(F)cc2)c2c1CCC2. The summed E-state index contributed by atoms with van der Waals surface area (Å²) in [5.41, 5.74) is 3.35. The molecule has 2 heterocycles. The highest BCUT2D eigenvalue weighted by Gasteiger charge is 2.27. The molecule has 1 aliphatic carbocycles. The van der Waals surface area contributed by atoms with Gasteiger partial charge in [-0.3, -0.25) is 4.79 Å². The van der Waals surface area contributed by atoms with Gasteiger partial charge in [-0.05, 0) is 56.4 Å². The smallest absolute Gasteiger partial charge is 0.272 e. The molecular formula is C18H20FN3O2. The van der Waals surface area contributed by atoms with Crippen LogP contribution in [0.2, 0.25) is 0 Å². The summed E-state index contributed by atoms with van der Waals surface area (Å²) < 4.78 is 20.5. The van der Waals surface area contributed by atoms with E-state index in [2.05, 4.69) is 10.4 Å². The number of aromatic nitrogens is 2. The second kappa shape index (κ2) is 6.36. The lowest BCUT2D eigenvalue weighted by Gasteiger charge is -2.10. The van der Waals surface area contributed by atoms with Crippen molar-refractivity contribution >= 4 is 5.91 Å². The maximum Gasteiger partial charge on any atom is 0.272 e. The zero-order chi connectivity index (χ0) is 16.5. The van der Waals surface area contributed by atoms with Crippen LogP contribution in [0.4, 0.5) is 4.39 Å². The molecule has 1 fully saturated rings. The Balaban J connectivity index is 1.58. The molecule has 1 aromatic carbocycles. The van der Waals surface area contributed by atoms with Crippen molar-refractivity contribution in [2.45, 2.75) is 38.2 Å². The predicted molar refractivity (Wildman–Crippen MR) is 86.9 cm³/mol. The van der Waals surface area contributed by atoms with Gasteiger partial charge in [0.15, 0.2) is 5.69 Å². The molecule has 0 bridgehead atoms. The zero-order valence-electron chi connectivity index (χ0n) is 13.4. The van der Waals surface area contributed by atoms with E-state index in [1.54, 1.807) is 16.8 Å². The van der Waals surface area contributed by atoms with E-state index >= 15 is 0 Å². The summed E-state index contributed by atoms with van der Waals surface area (Å²) in [5, 5.41) is 7.46. The fourth-order valence-corrected chi connectivity index (χ4v) is 3.51. The highest BCUT2D eigenvalue weighted by molar-refractivity contribution is 5.94. The van der Waals surface area contributed by atoms with Gasteiger partial charge in [-0.25, -0.2) is 9.07 Å². The molecule has 4 rings (SSSR count). The lowest BCUT2D eigenvalue weighted by Crippen LogP contribution is -2.32. The van der Waals surface area contributed by atoms with Crippen LogP contribution in [0.1, 0.15) is 41.0 Å². The topological polar surface area (TPSA) is 56.1 Å². The number of nitrogens with zero attached hydrogens (tertiary/aromatic N) is 2. The minimum atomic E-state index is -0.280. The van der Waals surface area contributed by atoms with Crippen molar-refractivity contribution in [1.29, 1.82) is 0 Å². The summed E-state index contributed by atoms with van der Waals surface area (Å²) >= 11 is 0. The van der Waals surface area contributed by atoms with E-state index in [4.69, 9.17) is 4.74 Å². The van der Waals surface area contributed by atoms with Crippen molar-refractivity contribution in [2.24, 2.45) is 0 Å². The molecule has 24 heavy (non-hydrogen) atoms. The van der Waals surface area contributed by atoms with Gasteiger partial charge in [0.05, 0.1) is 11.8 Å². The van der Waals surface area contributed by atoms with E-state index in [1.165, 1.54) is 12.1 Å². The summed E-state index contributed by atoms with van der Waals surface area (Å²) in [4.78, 5) is 12.6. The number of rotatable bonds is 4. The first kappa shape index (κ1) is 15.3. The Hall–Kier alpha value is -2.21. The van der Waals surface area contributed by atoms with Crippen LogP contribution in [0.5, 0.6) is 0 Å². The molecule has 5 nitrogen and oxygen atoms in total. The average molecular weight is 329 g/mol. The van der Waals surface area contributed by atoms with Gasteiger partial charge in [0.2, 0.25) is 0 Å². The first-order valence-corrected chi connectivity index (χ1v) is 8.49. The lowest BCUT2D eigenvalue weighted by molar-refractivity contribution is 0.0852. The summed E-state index contributed by atoms with van der Waals surface area (Å²) in [7, 11) is 0. The maximum atomic E-state index is 13.2. The monoisotopic (exact) mass is 329 g/mol. The average Bonchev–Trinajstić information content (AvgIpc) is 3.31. The molecule has 1 saturated heterocycles. The number of benzene rings is 1. The highest BCUT2D eigenvalue weighted by Crippen LogP contribution is 2.28. The predicted octanol–water partition coefficient (Wildman–Crippen LogP) is 2.41. The van der Waals surface area contributed by atoms with Crippen molar-refractivity contribution in [3.8, 4) is 5.69 Å². The Bertz CT molecular complexity index is 748. The summed E-state index contributed by atoms with van der Waals surface area (Å²) in [6.45, 7) is 1.30. The van der Waals surface area contributed by atoms with Gasteiger partial charge in [0.25, 0.3) is 5.91 Å². The van der Waals surface area contributed by atoms with E-state index < -0.39 is 0 Å². The van der Waals surface area contributed by atoms with Gasteiger partial charge in [-0.1, -0.05) is 0 Å². The second-order valence-electron chi connectivity index (χ2n) is 6.36. The first-order valence-electron chi connectivity index (χ1n) is 8.49. The molecule has 1 atom stereocenters. The minimum absolute atomic E-state index is 0.112. The molecule has 0 radical (unpaired) electrons. The number of carbonyl (C=O) groups is 1. The lowest BCUT2D eigenvalue weighted by atomic mass is 10.2. The summed E-state index contributed by atoms with van der Waals surface area (Å²) in [5.74, 6) is -0.429. The molecule has 6 heteroatoms. The molecule has 1 aliphatic heterocycles. The van der Waals surface area contributed by atoms with Crippen LogP contribution in [-0.4, -0.2) is 34.9 Å². The number of nitrogens with one attached hydrogen (secondary N) is 1. The molecular weight excluding hydrogens is 309 g/mol. The summed E-state index contributed by atoms with van der Waals surface area (Å²) in [6.07, 6.45) is 4.91. The van der Waals surface area contributed by atoms with Gasteiger partial charge >= 0.3 is 0 Å². The highest BCUT2D eigenvalue weighted by atomic mass is 19.1. The molecule has 126 valence electrons. The van der Waals surface area contributed by atoms with Crippen LogP contribution >= 0.6 is 0 Å². The second-order valence-corrected chi connectivity index (χ2v) is 6.36. The standard InChI is InChI=1S/C18H20FN3O2/c19-12-6-8-13(9-7-12)22-16-5-1-4-15(16)17(21-22)18(23)20-11-14-3-2-10-24-14/h6-9,14H,1-5,10-11H2,(H,20,23)/t14-/m0/s1. The van der Waals surface area contributed by atoms with Crippen molar-refractivity contribution in [2.75, 3.05) is 13.2 Å². The molecule has 1 N–H and O–H groups in total. The van der Waals surface area contributed by atoms with E-state index in [0.717, 1.165) is 55.7 Å². The molecule has 0 saturated carbocycles. The van der Waals surface area contributed by atoms with Gasteiger partial charge in [-0.15, -0.1) is 0 Å². The molecule has 1 aromatic heterocycles. The number of hydrogen-bond donors (Lipinski definition) is 1. The number of hydrogen-bond acceptors (Lipinski definition) is 3. The Labute approximate surface area is 139 Å². The van der Waals surface area contributed by atoms with Crippen LogP contribution in [0.3, 0.4) is 0 Å². The van der Waals surface area contributed by atoms with E-state index in [1.807, 2.05) is 0 Å². The van der Waals surface area contributed by atoms with Crippen LogP contribution in [0, 0.1) is 5.82 Å². The van der Waals surface area contributed by atoms with Crippen LogP contribution in [0.25, 0.3) is 5.69 Å². The fraction of sp³-hybridized carbons (Fsp3) is 0.444. The van der Waals surface area contributed by atoms with Crippen molar-refractivity contribution in [1.82, 2.24) is 15.1 Å². The minimum Gasteiger partial charge on any atom is -0.376 e. The zero-order valence-corrected chi connectivity index (χ0v) is 13.4. The van der Waals surface area contributed by atoms with Gasteiger partial charge in [-0.2, -0.15) is 5.10 Å².